The van der Waals surface area contributed by atoms with E-state index in [1.165, 1.54) is 17.4 Å². The molecule has 0 radical (unpaired) electrons. The number of aromatic nitrogens is 4. The second-order valence-corrected chi connectivity index (χ2v) is 6.88. The number of aryl methyl sites for hydroxylation is 1. The molecular weight excluding hydrogens is 330 g/mol. The van der Waals surface area contributed by atoms with Crippen LogP contribution in [0, 0.1) is 0 Å². The number of aromatic amines is 1. The first-order valence-corrected chi connectivity index (χ1v) is 9.13. The highest BCUT2D eigenvalue weighted by Crippen LogP contribution is 2.23. The zero-order valence-corrected chi connectivity index (χ0v) is 14.9. The van der Waals surface area contributed by atoms with Crippen molar-refractivity contribution in [3.63, 3.8) is 0 Å². The molecule has 0 spiro atoms. The van der Waals surface area contributed by atoms with Gasteiger partial charge in [0.1, 0.15) is 0 Å². The minimum atomic E-state index is -0.436. The lowest BCUT2D eigenvalue weighted by molar-refractivity contribution is 0.715. The molecule has 1 aliphatic heterocycles. The summed E-state index contributed by atoms with van der Waals surface area (Å²) in [5.41, 5.74) is 1.17. The molecule has 7 nitrogen and oxygen atoms in total. The smallest absolute Gasteiger partial charge is 0.329 e. The summed E-state index contributed by atoms with van der Waals surface area (Å²) in [6, 6.07) is 10.0. The average Bonchev–Trinajstić information content (AvgIpc) is 2.82. The molecule has 3 aromatic rings. The minimum Gasteiger partial charge on any atom is -0.342 e. The molecule has 0 aliphatic carbocycles. The molecule has 7 heteroatoms. The first-order valence-electron chi connectivity index (χ1n) is 9.13. The summed E-state index contributed by atoms with van der Waals surface area (Å²) in [4.78, 5) is 34.0. The molecule has 1 saturated heterocycles. The first-order chi connectivity index (χ1) is 12.6. The molecule has 136 valence electrons. The van der Waals surface area contributed by atoms with E-state index in [1.807, 2.05) is 34.9 Å². The molecule has 1 fully saturated rings. The van der Waals surface area contributed by atoms with Crippen LogP contribution >= 0.6 is 0 Å². The number of rotatable bonds is 3. The third kappa shape index (κ3) is 2.94. The fraction of sp³-hybridized carbons (Fsp3) is 0.421. The number of fused-ring (bicyclic) bond motifs is 1. The number of H-pyrrole nitrogens is 1. The van der Waals surface area contributed by atoms with Gasteiger partial charge in [-0.15, -0.1) is 0 Å². The molecule has 1 aromatic carbocycles. The molecular formula is C19H23N5O2. The van der Waals surface area contributed by atoms with Crippen LogP contribution in [0.5, 0.6) is 0 Å². The zero-order valence-electron chi connectivity index (χ0n) is 14.9. The van der Waals surface area contributed by atoms with Gasteiger partial charge in [0, 0.05) is 20.1 Å². The highest BCUT2D eigenvalue weighted by atomic mass is 16.2. The number of hydrogen-bond donors (Lipinski definition) is 1. The lowest BCUT2D eigenvalue weighted by atomic mass is 10.2. The van der Waals surface area contributed by atoms with E-state index in [2.05, 4.69) is 9.88 Å². The van der Waals surface area contributed by atoms with Crippen molar-refractivity contribution in [3.05, 3.63) is 56.7 Å². The van der Waals surface area contributed by atoms with Gasteiger partial charge in [0.25, 0.3) is 5.56 Å². The quantitative estimate of drug-likeness (QED) is 0.780. The van der Waals surface area contributed by atoms with Crippen molar-refractivity contribution in [2.45, 2.75) is 32.2 Å². The van der Waals surface area contributed by atoms with Crippen molar-refractivity contribution in [2.75, 3.05) is 18.0 Å². The van der Waals surface area contributed by atoms with Crippen LogP contribution in [-0.2, 0) is 13.6 Å². The third-order valence-electron chi connectivity index (χ3n) is 5.06. The highest BCUT2D eigenvalue weighted by Gasteiger charge is 2.22. The average molecular weight is 353 g/mol. The summed E-state index contributed by atoms with van der Waals surface area (Å²) in [5, 5.41) is 0. The van der Waals surface area contributed by atoms with Gasteiger partial charge in [0.15, 0.2) is 11.2 Å². The molecule has 4 rings (SSSR count). The van der Waals surface area contributed by atoms with E-state index in [4.69, 9.17) is 4.98 Å². The van der Waals surface area contributed by atoms with Crippen LogP contribution in [0.2, 0.25) is 0 Å². The lowest BCUT2D eigenvalue weighted by Crippen LogP contribution is -2.30. The third-order valence-corrected chi connectivity index (χ3v) is 5.06. The van der Waals surface area contributed by atoms with Crippen LogP contribution in [0.4, 0.5) is 5.95 Å². The number of imidazole rings is 1. The molecule has 0 unspecified atom stereocenters. The number of hydrogen-bond acceptors (Lipinski definition) is 4. The van der Waals surface area contributed by atoms with Crippen LogP contribution in [0.25, 0.3) is 11.2 Å². The minimum absolute atomic E-state index is 0.382. The maximum Gasteiger partial charge on any atom is 0.329 e. The van der Waals surface area contributed by atoms with Gasteiger partial charge < -0.3 is 4.90 Å². The normalized spacial score (nSPS) is 15.3. The van der Waals surface area contributed by atoms with Crippen molar-refractivity contribution in [1.82, 2.24) is 19.1 Å². The largest absolute Gasteiger partial charge is 0.342 e. The van der Waals surface area contributed by atoms with Gasteiger partial charge in [-0.1, -0.05) is 43.2 Å². The topological polar surface area (TPSA) is 75.9 Å². The molecule has 26 heavy (non-hydrogen) atoms. The van der Waals surface area contributed by atoms with Gasteiger partial charge in [0.2, 0.25) is 5.95 Å². The van der Waals surface area contributed by atoms with Crippen molar-refractivity contribution < 1.29 is 0 Å². The Morgan fingerprint density at radius 2 is 1.73 bits per heavy atom. The summed E-state index contributed by atoms with van der Waals surface area (Å²) < 4.78 is 3.37. The van der Waals surface area contributed by atoms with Gasteiger partial charge >= 0.3 is 5.69 Å². The van der Waals surface area contributed by atoms with E-state index in [9.17, 15) is 9.59 Å². The Hall–Kier alpha value is -2.83. The van der Waals surface area contributed by atoms with Crippen molar-refractivity contribution >= 4 is 17.1 Å². The molecule has 3 heterocycles. The number of nitrogens with zero attached hydrogens (tertiary/aromatic N) is 4. The van der Waals surface area contributed by atoms with E-state index in [1.54, 1.807) is 7.05 Å². The molecule has 1 N–H and O–H groups in total. The summed E-state index contributed by atoms with van der Waals surface area (Å²) in [5.74, 6) is 0.775. The fourth-order valence-corrected chi connectivity index (χ4v) is 3.65. The number of nitrogens with one attached hydrogen (secondary N) is 1. The van der Waals surface area contributed by atoms with E-state index in [0.29, 0.717) is 17.7 Å². The van der Waals surface area contributed by atoms with Crippen LogP contribution in [0.3, 0.4) is 0 Å². The fourth-order valence-electron chi connectivity index (χ4n) is 3.65. The van der Waals surface area contributed by atoms with Gasteiger partial charge in [-0.3, -0.25) is 18.9 Å². The van der Waals surface area contributed by atoms with Gasteiger partial charge in [0.05, 0.1) is 6.54 Å². The second-order valence-electron chi connectivity index (χ2n) is 6.88. The predicted octanol–water partition coefficient (Wildman–Crippen LogP) is 1.85. The van der Waals surface area contributed by atoms with E-state index in [0.717, 1.165) is 37.4 Å². The molecule has 1 aliphatic rings. The summed E-state index contributed by atoms with van der Waals surface area (Å²) >= 11 is 0. The Balaban J connectivity index is 1.92. The van der Waals surface area contributed by atoms with Crippen LogP contribution < -0.4 is 16.1 Å². The van der Waals surface area contributed by atoms with E-state index >= 15 is 0 Å². The standard InChI is InChI=1S/C19H23N5O2/c1-22-16-15(17(25)21-19(22)26)24(13-14-9-5-4-6-10-14)18(20-16)23-11-7-2-3-8-12-23/h4-6,9-10H,2-3,7-8,11-13H2,1H3,(H,21,25,26). The monoisotopic (exact) mass is 353 g/mol. The predicted molar refractivity (Wildman–Crippen MR) is 102 cm³/mol. The highest BCUT2D eigenvalue weighted by molar-refractivity contribution is 5.74. The molecule has 0 amide bonds. The van der Waals surface area contributed by atoms with Crippen molar-refractivity contribution in [2.24, 2.45) is 7.05 Å². The SMILES string of the molecule is Cn1c(=O)[nH]c(=O)c2c1nc(N1CCCCCC1)n2Cc1ccccc1. The van der Waals surface area contributed by atoms with Crippen molar-refractivity contribution in [1.29, 1.82) is 0 Å². The Bertz CT molecular complexity index is 1020. The first kappa shape index (κ1) is 16.6. The Morgan fingerprint density at radius 1 is 1.04 bits per heavy atom. The van der Waals surface area contributed by atoms with Crippen LogP contribution in [0.1, 0.15) is 31.2 Å². The van der Waals surface area contributed by atoms with E-state index < -0.39 is 5.69 Å². The Morgan fingerprint density at radius 3 is 2.42 bits per heavy atom. The second kappa shape index (κ2) is 6.82. The van der Waals surface area contributed by atoms with Crippen LogP contribution in [-0.4, -0.2) is 32.2 Å². The van der Waals surface area contributed by atoms with E-state index in [-0.39, 0.29) is 5.56 Å². The Kier molecular flexibility index (Phi) is 4.36. The summed E-state index contributed by atoms with van der Waals surface area (Å²) in [6.45, 7) is 2.39. The summed E-state index contributed by atoms with van der Waals surface area (Å²) in [7, 11) is 1.65. The van der Waals surface area contributed by atoms with Crippen molar-refractivity contribution in [3.8, 4) is 0 Å². The van der Waals surface area contributed by atoms with Crippen LogP contribution in [0.15, 0.2) is 39.9 Å². The molecule has 2 aromatic heterocycles. The Labute approximate surface area is 150 Å². The number of benzene rings is 1. The molecule has 0 atom stereocenters. The maximum absolute atomic E-state index is 12.6. The molecule has 0 saturated carbocycles. The maximum atomic E-state index is 12.6. The van der Waals surface area contributed by atoms with Gasteiger partial charge in [-0.05, 0) is 18.4 Å². The number of anilines is 1. The van der Waals surface area contributed by atoms with Gasteiger partial charge in [-0.25, -0.2) is 4.79 Å². The zero-order chi connectivity index (χ0) is 18.1. The summed E-state index contributed by atoms with van der Waals surface area (Å²) in [6.07, 6.45) is 4.66. The van der Waals surface area contributed by atoms with Gasteiger partial charge in [-0.2, -0.15) is 4.98 Å². The lowest BCUT2D eigenvalue weighted by Gasteiger charge is -2.22. The molecule has 0 bridgehead atoms.